The van der Waals surface area contributed by atoms with Gasteiger partial charge in [-0.2, -0.15) is 4.31 Å². The van der Waals surface area contributed by atoms with Crippen molar-refractivity contribution in [2.75, 3.05) is 56.7 Å². The minimum absolute atomic E-state index is 0.0653. The van der Waals surface area contributed by atoms with E-state index in [9.17, 15) is 18.0 Å². The highest BCUT2D eigenvalue weighted by Gasteiger charge is 2.59. The molecular formula is C33H39ClN6O5S. The SMILES string of the molecule is CCOc1ncccc1C1(NC(=O)N2CCC(N3CCN(CC)CC3)CC2)C(=O)N(S(=O)(=O)c2ccccc2)c2ccc(Cl)cc21. The highest BCUT2D eigenvalue weighted by atomic mass is 35.5. The molecule has 2 fully saturated rings. The van der Waals surface area contributed by atoms with Crippen LogP contribution in [-0.4, -0.2) is 98.5 Å². The van der Waals surface area contributed by atoms with Gasteiger partial charge in [0.2, 0.25) is 5.88 Å². The lowest BCUT2D eigenvalue weighted by Crippen LogP contribution is -2.59. The van der Waals surface area contributed by atoms with Crippen molar-refractivity contribution in [3.8, 4) is 5.88 Å². The lowest BCUT2D eigenvalue weighted by atomic mass is 9.84. The minimum atomic E-state index is -4.40. The van der Waals surface area contributed by atoms with Crippen molar-refractivity contribution < 1.29 is 22.7 Å². The summed E-state index contributed by atoms with van der Waals surface area (Å²) in [5, 5.41) is 3.28. The predicted octanol–water partition coefficient (Wildman–Crippen LogP) is 3.92. The topological polar surface area (TPSA) is 115 Å². The summed E-state index contributed by atoms with van der Waals surface area (Å²) in [5.74, 6) is -0.770. The number of carbonyl (C=O) groups excluding carboxylic acids is 2. The van der Waals surface area contributed by atoms with Gasteiger partial charge in [-0.1, -0.05) is 36.7 Å². The molecule has 2 aromatic carbocycles. The number of ether oxygens (including phenoxy) is 1. The number of hydrogen-bond acceptors (Lipinski definition) is 8. The molecule has 3 aromatic rings. The van der Waals surface area contributed by atoms with E-state index in [1.807, 2.05) is 0 Å². The van der Waals surface area contributed by atoms with E-state index in [0.717, 1.165) is 49.9 Å². The van der Waals surface area contributed by atoms with Gasteiger partial charge in [-0.25, -0.2) is 18.2 Å². The number of aromatic nitrogens is 1. The van der Waals surface area contributed by atoms with Crippen LogP contribution < -0.4 is 14.4 Å². The van der Waals surface area contributed by atoms with Gasteiger partial charge in [0.1, 0.15) is 0 Å². The van der Waals surface area contributed by atoms with Crippen LogP contribution in [0.5, 0.6) is 5.88 Å². The third-order valence-corrected chi connectivity index (χ3v) is 11.2. The first-order valence-electron chi connectivity index (χ1n) is 15.8. The van der Waals surface area contributed by atoms with Crippen LogP contribution >= 0.6 is 11.6 Å². The number of benzene rings is 2. The summed E-state index contributed by atoms with van der Waals surface area (Å²) in [6.07, 6.45) is 3.12. The Morgan fingerprint density at radius 1 is 0.978 bits per heavy atom. The number of anilines is 1. The third-order valence-electron chi connectivity index (χ3n) is 9.24. The number of sulfonamides is 1. The Kier molecular flexibility index (Phi) is 9.24. The van der Waals surface area contributed by atoms with Crippen LogP contribution in [0, 0.1) is 0 Å². The fourth-order valence-electron chi connectivity index (χ4n) is 6.79. The third kappa shape index (κ3) is 5.72. The summed E-state index contributed by atoms with van der Waals surface area (Å²) < 4.78 is 34.9. The smallest absolute Gasteiger partial charge is 0.318 e. The standard InChI is InChI=1S/C33H39ClN6O5S/c1-3-37-19-21-38(22-20-37)25-14-17-39(18-15-25)32(42)36-33(27-11-8-16-35-30(27)45-4-2)28-23-24(34)12-13-29(28)40(31(33)41)46(43,44)26-9-6-5-7-10-26/h5-13,16,23,25H,3-4,14-15,17-22H2,1-2H3,(H,36,42). The molecule has 1 atom stereocenters. The molecule has 0 spiro atoms. The van der Waals surface area contributed by atoms with Crippen LogP contribution in [0.25, 0.3) is 0 Å². The molecule has 3 aliphatic heterocycles. The molecule has 0 bridgehead atoms. The molecule has 244 valence electrons. The molecule has 1 aromatic heterocycles. The van der Waals surface area contributed by atoms with Crippen molar-refractivity contribution in [1.82, 2.24) is 25.0 Å². The maximum atomic E-state index is 14.9. The summed E-state index contributed by atoms with van der Waals surface area (Å²) in [5.41, 5.74) is -1.47. The monoisotopic (exact) mass is 666 g/mol. The molecule has 4 heterocycles. The van der Waals surface area contributed by atoms with Gasteiger partial charge in [-0.3, -0.25) is 9.69 Å². The number of rotatable bonds is 8. The first-order valence-corrected chi connectivity index (χ1v) is 17.6. The average molecular weight is 667 g/mol. The number of nitrogens with one attached hydrogen (secondary N) is 1. The first kappa shape index (κ1) is 32.2. The number of amides is 3. The molecule has 1 N–H and O–H groups in total. The number of pyridine rings is 1. The van der Waals surface area contributed by atoms with Gasteiger partial charge < -0.3 is 19.9 Å². The fraction of sp³-hybridized carbons (Fsp3) is 0.424. The molecule has 11 nitrogen and oxygen atoms in total. The number of likely N-dealkylation sites (tertiary alicyclic amines) is 1. The number of likely N-dealkylation sites (N-methyl/N-ethyl adjacent to an activating group) is 1. The molecule has 13 heteroatoms. The van der Waals surface area contributed by atoms with E-state index < -0.39 is 27.5 Å². The summed E-state index contributed by atoms with van der Waals surface area (Å²) in [4.78, 5) is 40.1. The van der Waals surface area contributed by atoms with Gasteiger partial charge in [0.25, 0.3) is 15.9 Å². The van der Waals surface area contributed by atoms with E-state index >= 15 is 0 Å². The number of piperidine rings is 1. The summed E-state index contributed by atoms with van der Waals surface area (Å²) in [6.45, 7) is 10.3. The van der Waals surface area contributed by atoms with Crippen molar-refractivity contribution in [1.29, 1.82) is 0 Å². The fourth-order valence-corrected chi connectivity index (χ4v) is 8.45. The number of nitrogens with zero attached hydrogens (tertiary/aromatic N) is 5. The van der Waals surface area contributed by atoms with Crippen LogP contribution in [0.3, 0.4) is 0 Å². The Labute approximate surface area is 275 Å². The van der Waals surface area contributed by atoms with E-state index in [1.54, 1.807) is 42.2 Å². The normalized spacial score (nSPS) is 21.3. The molecule has 0 saturated carbocycles. The van der Waals surface area contributed by atoms with Crippen LogP contribution in [0.2, 0.25) is 5.02 Å². The zero-order chi connectivity index (χ0) is 32.5. The summed E-state index contributed by atoms with van der Waals surface area (Å²) in [7, 11) is -4.40. The number of hydrogen-bond donors (Lipinski definition) is 1. The molecule has 2 saturated heterocycles. The van der Waals surface area contributed by atoms with Crippen molar-refractivity contribution in [2.24, 2.45) is 0 Å². The van der Waals surface area contributed by atoms with Gasteiger partial charge in [0.15, 0.2) is 5.54 Å². The molecule has 6 rings (SSSR count). The summed E-state index contributed by atoms with van der Waals surface area (Å²) in [6, 6.07) is 15.4. The van der Waals surface area contributed by atoms with Gasteiger partial charge in [-0.05, 0) is 68.8 Å². The Hall–Kier alpha value is -3.71. The molecule has 0 aliphatic carbocycles. The van der Waals surface area contributed by atoms with Gasteiger partial charge in [0.05, 0.1) is 22.8 Å². The minimum Gasteiger partial charge on any atom is -0.478 e. The Balaban J connectivity index is 1.38. The lowest BCUT2D eigenvalue weighted by Gasteiger charge is -2.43. The lowest BCUT2D eigenvalue weighted by molar-refractivity contribution is -0.121. The largest absolute Gasteiger partial charge is 0.478 e. The van der Waals surface area contributed by atoms with Crippen molar-refractivity contribution in [2.45, 2.75) is 43.2 Å². The van der Waals surface area contributed by atoms with Crippen molar-refractivity contribution in [3.63, 3.8) is 0 Å². The summed E-state index contributed by atoms with van der Waals surface area (Å²) >= 11 is 6.50. The molecule has 3 aliphatic rings. The van der Waals surface area contributed by atoms with Crippen LogP contribution in [-0.2, 0) is 20.4 Å². The second-order valence-corrected chi connectivity index (χ2v) is 13.9. The number of urea groups is 1. The second-order valence-electron chi connectivity index (χ2n) is 11.7. The van der Waals surface area contributed by atoms with Crippen LogP contribution in [0.1, 0.15) is 37.8 Å². The van der Waals surface area contributed by atoms with Gasteiger partial charge in [0, 0.05) is 62.1 Å². The molecule has 46 heavy (non-hydrogen) atoms. The van der Waals surface area contributed by atoms with Gasteiger partial charge >= 0.3 is 6.03 Å². The molecule has 1 unspecified atom stereocenters. The van der Waals surface area contributed by atoms with E-state index in [-0.39, 0.29) is 39.2 Å². The maximum Gasteiger partial charge on any atom is 0.318 e. The van der Waals surface area contributed by atoms with Gasteiger partial charge in [-0.15, -0.1) is 0 Å². The number of carbonyl (C=O) groups is 2. The maximum absolute atomic E-state index is 14.9. The van der Waals surface area contributed by atoms with Crippen molar-refractivity contribution >= 4 is 39.2 Å². The van der Waals surface area contributed by atoms with E-state index in [0.29, 0.717) is 19.1 Å². The molecule has 3 amide bonds. The van der Waals surface area contributed by atoms with E-state index in [4.69, 9.17) is 16.3 Å². The van der Waals surface area contributed by atoms with E-state index in [2.05, 4.69) is 27.0 Å². The van der Waals surface area contributed by atoms with Crippen LogP contribution in [0.15, 0.2) is 71.8 Å². The quantitative estimate of drug-likeness (QED) is 0.385. The highest BCUT2D eigenvalue weighted by molar-refractivity contribution is 7.93. The Bertz CT molecular complexity index is 1690. The number of piperazine rings is 1. The molecule has 0 radical (unpaired) electrons. The first-order chi connectivity index (χ1) is 22.2. The van der Waals surface area contributed by atoms with E-state index in [1.165, 1.54) is 36.5 Å². The highest BCUT2D eigenvalue weighted by Crippen LogP contribution is 2.49. The van der Waals surface area contributed by atoms with Crippen molar-refractivity contribution in [3.05, 3.63) is 83.0 Å². The van der Waals surface area contributed by atoms with Crippen LogP contribution in [0.4, 0.5) is 10.5 Å². The Morgan fingerprint density at radius 2 is 1.70 bits per heavy atom. The number of fused-ring (bicyclic) bond motifs is 1. The zero-order valence-corrected chi connectivity index (χ0v) is 27.6. The zero-order valence-electron chi connectivity index (χ0n) is 26.1. The predicted molar refractivity (Wildman–Crippen MR) is 176 cm³/mol. The molecular weight excluding hydrogens is 628 g/mol. The average Bonchev–Trinajstić information content (AvgIpc) is 3.33. The second kappa shape index (κ2) is 13.2. The Morgan fingerprint density at radius 3 is 2.37 bits per heavy atom. The number of halogens is 1.